The molecule has 0 heterocycles. The standard InChI is InChI=1S/C19H23ClN2O5S/c1-19(2,3)22-28(24,25)15-8-6-14(7-9-15)27-12-18(23)21-16-11-13(20)5-10-17(16)26-4/h5-11,22H,12H2,1-4H3,(H,21,23). The third-order valence-electron chi connectivity index (χ3n) is 3.38. The topological polar surface area (TPSA) is 93.7 Å². The molecule has 0 bridgehead atoms. The second kappa shape index (κ2) is 8.81. The lowest BCUT2D eigenvalue weighted by Crippen LogP contribution is -2.40. The number of amides is 1. The van der Waals surface area contributed by atoms with Gasteiger partial charge < -0.3 is 14.8 Å². The highest BCUT2D eigenvalue weighted by molar-refractivity contribution is 7.89. The molecule has 0 saturated carbocycles. The second-order valence-corrected chi connectivity index (χ2v) is 9.13. The van der Waals surface area contributed by atoms with E-state index < -0.39 is 21.5 Å². The number of anilines is 1. The van der Waals surface area contributed by atoms with E-state index in [0.29, 0.717) is 22.2 Å². The molecule has 2 N–H and O–H groups in total. The highest BCUT2D eigenvalue weighted by Crippen LogP contribution is 2.27. The Labute approximate surface area is 170 Å². The van der Waals surface area contributed by atoms with E-state index >= 15 is 0 Å². The van der Waals surface area contributed by atoms with E-state index in [2.05, 4.69) is 10.0 Å². The SMILES string of the molecule is COc1ccc(Cl)cc1NC(=O)COc1ccc(S(=O)(=O)NC(C)(C)C)cc1. The minimum atomic E-state index is -3.63. The number of carbonyl (C=O) groups excluding carboxylic acids is 1. The summed E-state index contributed by atoms with van der Waals surface area (Å²) in [5.41, 5.74) is -0.161. The van der Waals surface area contributed by atoms with Crippen molar-refractivity contribution in [2.75, 3.05) is 19.0 Å². The van der Waals surface area contributed by atoms with E-state index in [9.17, 15) is 13.2 Å². The lowest BCUT2D eigenvalue weighted by molar-refractivity contribution is -0.118. The average molecular weight is 427 g/mol. The first-order valence-corrected chi connectivity index (χ1v) is 10.3. The summed E-state index contributed by atoms with van der Waals surface area (Å²) >= 11 is 5.93. The van der Waals surface area contributed by atoms with Crippen molar-refractivity contribution >= 4 is 33.2 Å². The van der Waals surface area contributed by atoms with Crippen molar-refractivity contribution in [1.82, 2.24) is 4.72 Å². The van der Waals surface area contributed by atoms with E-state index in [-0.39, 0.29) is 11.5 Å². The van der Waals surface area contributed by atoms with Crippen molar-refractivity contribution in [2.24, 2.45) is 0 Å². The number of rotatable bonds is 7. The monoisotopic (exact) mass is 426 g/mol. The molecule has 0 fully saturated rings. The number of ether oxygens (including phenoxy) is 2. The molecule has 1 amide bonds. The third kappa shape index (κ3) is 6.40. The molecule has 0 aliphatic heterocycles. The second-order valence-electron chi connectivity index (χ2n) is 7.01. The summed E-state index contributed by atoms with van der Waals surface area (Å²) in [6.07, 6.45) is 0. The van der Waals surface area contributed by atoms with Crippen molar-refractivity contribution in [2.45, 2.75) is 31.2 Å². The van der Waals surface area contributed by atoms with E-state index in [1.165, 1.54) is 31.4 Å². The number of benzene rings is 2. The first-order valence-electron chi connectivity index (χ1n) is 8.40. The van der Waals surface area contributed by atoms with Crippen LogP contribution in [-0.2, 0) is 14.8 Å². The number of carbonyl (C=O) groups is 1. The van der Waals surface area contributed by atoms with Gasteiger partial charge in [0.05, 0.1) is 17.7 Å². The molecular formula is C19H23ClN2O5S. The average Bonchev–Trinajstić information content (AvgIpc) is 2.58. The molecule has 0 aliphatic rings. The molecular weight excluding hydrogens is 404 g/mol. The van der Waals surface area contributed by atoms with Gasteiger partial charge in [-0.05, 0) is 63.2 Å². The molecule has 9 heteroatoms. The smallest absolute Gasteiger partial charge is 0.262 e. The van der Waals surface area contributed by atoms with Crippen LogP contribution in [0, 0.1) is 0 Å². The lowest BCUT2D eigenvalue weighted by Gasteiger charge is -2.20. The van der Waals surface area contributed by atoms with E-state index in [1.807, 2.05) is 0 Å². The van der Waals surface area contributed by atoms with Crippen molar-refractivity contribution < 1.29 is 22.7 Å². The Bertz CT molecular complexity index is 938. The van der Waals surface area contributed by atoms with Gasteiger partial charge in [-0.2, -0.15) is 0 Å². The number of nitrogens with one attached hydrogen (secondary N) is 2. The van der Waals surface area contributed by atoms with Crippen LogP contribution in [0.2, 0.25) is 5.02 Å². The summed E-state index contributed by atoms with van der Waals surface area (Å²) in [5.74, 6) is 0.424. The van der Waals surface area contributed by atoms with E-state index in [1.54, 1.807) is 39.0 Å². The summed E-state index contributed by atoms with van der Waals surface area (Å²) in [6, 6.07) is 10.7. The molecule has 0 radical (unpaired) electrons. The van der Waals surface area contributed by atoms with Crippen molar-refractivity contribution in [3.05, 3.63) is 47.5 Å². The number of sulfonamides is 1. The highest BCUT2D eigenvalue weighted by atomic mass is 35.5. The van der Waals surface area contributed by atoms with Gasteiger partial charge in [0.25, 0.3) is 5.91 Å². The van der Waals surface area contributed by atoms with E-state index in [4.69, 9.17) is 21.1 Å². The fraction of sp³-hybridized carbons (Fsp3) is 0.316. The zero-order valence-corrected chi connectivity index (χ0v) is 17.6. The van der Waals surface area contributed by atoms with Crippen molar-refractivity contribution in [3.8, 4) is 11.5 Å². The van der Waals surface area contributed by atoms with Crippen LogP contribution in [0.5, 0.6) is 11.5 Å². The highest BCUT2D eigenvalue weighted by Gasteiger charge is 2.21. The number of halogens is 1. The molecule has 0 aliphatic carbocycles. The van der Waals surface area contributed by atoms with Crippen LogP contribution >= 0.6 is 11.6 Å². The van der Waals surface area contributed by atoms with Gasteiger partial charge in [0.15, 0.2) is 6.61 Å². The fourth-order valence-electron chi connectivity index (χ4n) is 2.29. The summed E-state index contributed by atoms with van der Waals surface area (Å²) < 4.78 is 37.7. The molecule has 2 aromatic rings. The van der Waals surface area contributed by atoms with Crippen LogP contribution in [-0.4, -0.2) is 33.6 Å². The Hall–Kier alpha value is -2.29. The maximum atomic E-state index is 12.3. The largest absolute Gasteiger partial charge is 0.495 e. The van der Waals surface area contributed by atoms with Gasteiger partial charge in [0.2, 0.25) is 10.0 Å². The Balaban J connectivity index is 1.98. The minimum absolute atomic E-state index is 0.114. The summed E-state index contributed by atoms with van der Waals surface area (Å²) in [7, 11) is -2.14. The van der Waals surface area contributed by atoms with Crippen LogP contribution in [0.25, 0.3) is 0 Å². The van der Waals surface area contributed by atoms with Crippen LogP contribution in [0.1, 0.15) is 20.8 Å². The normalized spacial score (nSPS) is 11.8. The van der Waals surface area contributed by atoms with Gasteiger partial charge in [0, 0.05) is 10.6 Å². The molecule has 2 aromatic carbocycles. The molecule has 0 saturated heterocycles. The van der Waals surface area contributed by atoms with Gasteiger partial charge in [0.1, 0.15) is 11.5 Å². The van der Waals surface area contributed by atoms with Crippen molar-refractivity contribution in [1.29, 1.82) is 0 Å². The first kappa shape index (κ1) is 22.0. The van der Waals surface area contributed by atoms with Crippen LogP contribution in [0.15, 0.2) is 47.4 Å². The number of hydrogen-bond donors (Lipinski definition) is 2. The summed E-state index contributed by atoms with van der Waals surface area (Å²) in [4.78, 5) is 12.2. The summed E-state index contributed by atoms with van der Waals surface area (Å²) in [6.45, 7) is 5.02. The number of hydrogen-bond acceptors (Lipinski definition) is 5. The Morgan fingerprint density at radius 1 is 1.11 bits per heavy atom. The summed E-state index contributed by atoms with van der Waals surface area (Å²) in [5, 5.41) is 3.11. The first-order chi connectivity index (χ1) is 13.0. The molecule has 0 atom stereocenters. The fourth-order valence-corrected chi connectivity index (χ4v) is 3.88. The zero-order chi connectivity index (χ0) is 20.9. The molecule has 28 heavy (non-hydrogen) atoms. The number of methoxy groups -OCH3 is 1. The van der Waals surface area contributed by atoms with E-state index in [0.717, 1.165) is 0 Å². The Morgan fingerprint density at radius 2 is 1.75 bits per heavy atom. The van der Waals surface area contributed by atoms with Gasteiger partial charge in [-0.1, -0.05) is 11.6 Å². The van der Waals surface area contributed by atoms with Crippen LogP contribution in [0.3, 0.4) is 0 Å². The van der Waals surface area contributed by atoms with Gasteiger partial charge in [-0.15, -0.1) is 0 Å². The predicted octanol–water partition coefficient (Wildman–Crippen LogP) is 3.44. The lowest BCUT2D eigenvalue weighted by atomic mass is 10.1. The van der Waals surface area contributed by atoms with Gasteiger partial charge in [-0.3, -0.25) is 4.79 Å². The molecule has 152 valence electrons. The maximum Gasteiger partial charge on any atom is 0.262 e. The molecule has 0 aromatic heterocycles. The van der Waals surface area contributed by atoms with Crippen LogP contribution < -0.4 is 19.5 Å². The van der Waals surface area contributed by atoms with Gasteiger partial charge >= 0.3 is 0 Å². The molecule has 0 unspecified atom stereocenters. The predicted molar refractivity (Wildman–Crippen MR) is 109 cm³/mol. The quantitative estimate of drug-likeness (QED) is 0.707. The van der Waals surface area contributed by atoms with Crippen LogP contribution in [0.4, 0.5) is 5.69 Å². The minimum Gasteiger partial charge on any atom is -0.495 e. The maximum absolute atomic E-state index is 12.3. The Morgan fingerprint density at radius 3 is 2.32 bits per heavy atom. The molecule has 7 nitrogen and oxygen atoms in total. The molecule has 2 rings (SSSR count). The van der Waals surface area contributed by atoms with Gasteiger partial charge in [-0.25, -0.2) is 13.1 Å². The van der Waals surface area contributed by atoms with Crippen molar-refractivity contribution in [3.63, 3.8) is 0 Å². The Kier molecular flexibility index (Phi) is 6.92. The third-order valence-corrected chi connectivity index (χ3v) is 5.39. The molecule has 0 spiro atoms. The zero-order valence-electron chi connectivity index (χ0n) is 16.1.